The molecule has 0 aromatic heterocycles. The van der Waals surface area contributed by atoms with Gasteiger partial charge >= 0.3 is 0 Å². The van der Waals surface area contributed by atoms with Gasteiger partial charge in [0.1, 0.15) is 5.75 Å². The fourth-order valence-electron chi connectivity index (χ4n) is 1.52. The second-order valence-electron chi connectivity index (χ2n) is 3.60. The third-order valence-corrected chi connectivity index (χ3v) is 2.76. The van der Waals surface area contributed by atoms with Crippen LogP contribution in [0.4, 0.5) is 0 Å². The van der Waals surface area contributed by atoms with Crippen LogP contribution in [0, 0.1) is 6.92 Å². The van der Waals surface area contributed by atoms with Crippen molar-refractivity contribution in [1.29, 1.82) is 0 Å². The van der Waals surface area contributed by atoms with Crippen molar-refractivity contribution in [3.8, 4) is 5.75 Å². The highest BCUT2D eigenvalue weighted by atomic mass is 16.3. The van der Waals surface area contributed by atoms with Crippen molar-refractivity contribution in [1.82, 2.24) is 0 Å². The van der Waals surface area contributed by atoms with Crippen LogP contribution in [0.25, 0.3) is 5.57 Å². The number of aryl methyl sites for hydroxylation is 1. The minimum atomic E-state index is 0.403. The van der Waals surface area contributed by atoms with Gasteiger partial charge in [-0.1, -0.05) is 19.1 Å². The maximum atomic E-state index is 9.73. The molecule has 1 N–H and O–H groups in total. The Kier molecular flexibility index (Phi) is 3.34. The summed E-state index contributed by atoms with van der Waals surface area (Å²) in [6.07, 6.45) is 3.02. The fourth-order valence-corrected chi connectivity index (χ4v) is 1.52. The van der Waals surface area contributed by atoms with Crippen molar-refractivity contribution in [3.63, 3.8) is 0 Å². The van der Waals surface area contributed by atoms with Crippen LogP contribution in [0.1, 0.15) is 37.5 Å². The van der Waals surface area contributed by atoms with Crippen LogP contribution in [0.2, 0.25) is 0 Å². The first-order chi connectivity index (χ1) is 6.60. The first-order valence-corrected chi connectivity index (χ1v) is 5.05. The largest absolute Gasteiger partial charge is 0.508 e. The first kappa shape index (κ1) is 10.8. The molecule has 76 valence electrons. The molecule has 0 fully saturated rings. The van der Waals surface area contributed by atoms with E-state index in [0.29, 0.717) is 5.75 Å². The van der Waals surface area contributed by atoms with Gasteiger partial charge in [-0.15, -0.1) is 0 Å². The van der Waals surface area contributed by atoms with E-state index in [-0.39, 0.29) is 0 Å². The van der Waals surface area contributed by atoms with Crippen molar-refractivity contribution in [2.24, 2.45) is 0 Å². The molecule has 0 aliphatic carbocycles. The maximum Gasteiger partial charge on any atom is 0.119 e. The van der Waals surface area contributed by atoms with E-state index in [1.807, 2.05) is 19.9 Å². The Bertz CT molecular complexity index is 362. The van der Waals surface area contributed by atoms with Crippen molar-refractivity contribution >= 4 is 5.57 Å². The van der Waals surface area contributed by atoms with E-state index in [1.54, 1.807) is 0 Å². The van der Waals surface area contributed by atoms with Crippen molar-refractivity contribution in [3.05, 3.63) is 34.9 Å². The summed E-state index contributed by atoms with van der Waals surface area (Å²) >= 11 is 0. The first-order valence-electron chi connectivity index (χ1n) is 5.05. The molecule has 0 atom stereocenters. The second kappa shape index (κ2) is 4.32. The summed E-state index contributed by atoms with van der Waals surface area (Å²) in [5, 5.41) is 9.73. The Balaban J connectivity index is 3.30. The molecule has 0 amide bonds. The Morgan fingerprint density at radius 2 is 2.07 bits per heavy atom. The molecule has 0 unspecified atom stereocenters. The zero-order valence-electron chi connectivity index (χ0n) is 9.39. The van der Waals surface area contributed by atoms with Crippen molar-refractivity contribution in [2.45, 2.75) is 34.1 Å². The summed E-state index contributed by atoms with van der Waals surface area (Å²) in [6.45, 7) is 8.14. The number of benzene rings is 1. The van der Waals surface area contributed by atoms with E-state index in [1.165, 1.54) is 11.1 Å². The average molecular weight is 190 g/mol. The van der Waals surface area contributed by atoms with Gasteiger partial charge in [0.2, 0.25) is 0 Å². The lowest BCUT2D eigenvalue weighted by atomic mass is 9.98. The molecule has 14 heavy (non-hydrogen) atoms. The molecule has 0 aliphatic heterocycles. The summed E-state index contributed by atoms with van der Waals surface area (Å²) in [6, 6.07) is 3.99. The van der Waals surface area contributed by atoms with Crippen LogP contribution in [0.15, 0.2) is 18.2 Å². The Morgan fingerprint density at radius 1 is 1.43 bits per heavy atom. The normalized spacial score (nSPS) is 11.9. The summed E-state index contributed by atoms with van der Waals surface area (Å²) in [7, 11) is 0. The topological polar surface area (TPSA) is 20.2 Å². The second-order valence-corrected chi connectivity index (χ2v) is 3.60. The number of allylic oxidation sites excluding steroid dienone is 2. The van der Waals surface area contributed by atoms with Gasteiger partial charge in [0.15, 0.2) is 0 Å². The molecule has 0 aliphatic rings. The molecular weight excluding hydrogens is 172 g/mol. The van der Waals surface area contributed by atoms with Crippen molar-refractivity contribution < 1.29 is 5.11 Å². The van der Waals surface area contributed by atoms with Gasteiger partial charge in [-0.25, -0.2) is 0 Å². The minimum absolute atomic E-state index is 0.403. The van der Waals surface area contributed by atoms with Gasteiger partial charge in [0, 0.05) is 0 Å². The standard InChI is InChI=1S/C13H18O/c1-5-9(3)12-7-11(6-2)10(4)13(14)8-12/h5,7-8,14H,6H2,1-4H3/b9-5+. The van der Waals surface area contributed by atoms with Crippen LogP contribution >= 0.6 is 0 Å². The number of hydrogen-bond acceptors (Lipinski definition) is 1. The number of rotatable bonds is 2. The summed E-state index contributed by atoms with van der Waals surface area (Å²) in [4.78, 5) is 0. The molecule has 0 bridgehead atoms. The highest BCUT2D eigenvalue weighted by molar-refractivity contribution is 5.66. The number of aromatic hydroxyl groups is 1. The van der Waals surface area contributed by atoms with Crippen LogP contribution in [-0.2, 0) is 6.42 Å². The van der Waals surface area contributed by atoms with E-state index >= 15 is 0 Å². The maximum absolute atomic E-state index is 9.73. The molecule has 0 heterocycles. The van der Waals surface area contributed by atoms with Gasteiger partial charge in [-0.3, -0.25) is 0 Å². The van der Waals surface area contributed by atoms with E-state index in [2.05, 4.69) is 26.0 Å². The van der Waals surface area contributed by atoms with Gasteiger partial charge in [-0.2, -0.15) is 0 Å². The van der Waals surface area contributed by atoms with E-state index in [9.17, 15) is 5.11 Å². The summed E-state index contributed by atoms with van der Waals surface area (Å²) in [5.74, 6) is 0.403. The Hall–Kier alpha value is -1.24. The summed E-state index contributed by atoms with van der Waals surface area (Å²) in [5.41, 5.74) is 4.55. The lowest BCUT2D eigenvalue weighted by molar-refractivity contribution is 0.470. The van der Waals surface area contributed by atoms with Gasteiger partial charge < -0.3 is 5.11 Å². The van der Waals surface area contributed by atoms with Crippen LogP contribution in [0.5, 0.6) is 5.75 Å². The van der Waals surface area contributed by atoms with Gasteiger partial charge in [0.25, 0.3) is 0 Å². The van der Waals surface area contributed by atoms with Crippen LogP contribution in [0.3, 0.4) is 0 Å². The number of phenolic OH excluding ortho intramolecular Hbond substituents is 1. The van der Waals surface area contributed by atoms with E-state index in [4.69, 9.17) is 0 Å². The number of hydrogen-bond donors (Lipinski definition) is 1. The van der Waals surface area contributed by atoms with Crippen LogP contribution in [-0.4, -0.2) is 5.11 Å². The SMILES string of the molecule is C/C=C(\C)c1cc(O)c(C)c(CC)c1. The quantitative estimate of drug-likeness (QED) is 0.754. The lowest BCUT2D eigenvalue weighted by Crippen LogP contribution is -1.90. The molecule has 1 aromatic rings. The molecule has 0 saturated heterocycles. The molecule has 0 saturated carbocycles. The average Bonchev–Trinajstić information content (AvgIpc) is 2.20. The molecule has 1 rings (SSSR count). The zero-order valence-corrected chi connectivity index (χ0v) is 9.39. The van der Waals surface area contributed by atoms with Gasteiger partial charge in [0.05, 0.1) is 0 Å². The third-order valence-electron chi connectivity index (χ3n) is 2.76. The smallest absolute Gasteiger partial charge is 0.119 e. The van der Waals surface area contributed by atoms with Gasteiger partial charge in [-0.05, 0) is 55.5 Å². The van der Waals surface area contributed by atoms with Crippen molar-refractivity contribution in [2.75, 3.05) is 0 Å². The molecule has 0 radical (unpaired) electrons. The minimum Gasteiger partial charge on any atom is -0.508 e. The predicted octanol–water partition coefficient (Wildman–Crippen LogP) is 3.69. The Morgan fingerprint density at radius 3 is 2.57 bits per heavy atom. The molecule has 1 nitrogen and oxygen atoms in total. The zero-order chi connectivity index (χ0) is 10.7. The van der Waals surface area contributed by atoms with Crippen LogP contribution < -0.4 is 0 Å². The summed E-state index contributed by atoms with van der Waals surface area (Å²) < 4.78 is 0. The number of phenols is 1. The predicted molar refractivity (Wildman–Crippen MR) is 61.5 cm³/mol. The molecule has 1 aromatic carbocycles. The fraction of sp³-hybridized carbons (Fsp3) is 0.385. The molecule has 1 heteroatoms. The monoisotopic (exact) mass is 190 g/mol. The molecular formula is C13H18O. The third kappa shape index (κ3) is 1.98. The van der Waals surface area contributed by atoms with E-state index < -0.39 is 0 Å². The molecule has 0 spiro atoms. The van der Waals surface area contributed by atoms with E-state index in [0.717, 1.165) is 17.5 Å². The highest BCUT2D eigenvalue weighted by Crippen LogP contribution is 2.26. The lowest BCUT2D eigenvalue weighted by Gasteiger charge is -2.09. The Labute approximate surface area is 86.1 Å². The highest BCUT2D eigenvalue weighted by Gasteiger charge is 2.05.